The molecular weight excluding hydrogens is 246 g/mol. The summed E-state index contributed by atoms with van der Waals surface area (Å²) in [5, 5.41) is 10.6. The largest absolute Gasteiger partial charge is 0.474 e. The number of nitrogens with zero attached hydrogens (tertiary/aromatic N) is 1. The van der Waals surface area contributed by atoms with Crippen LogP contribution in [0.2, 0.25) is 0 Å². The zero-order valence-electron chi connectivity index (χ0n) is 8.68. The molecule has 0 bridgehead atoms. The average molecular weight is 256 g/mol. The number of carboxylic acids is 1. The van der Waals surface area contributed by atoms with Crippen molar-refractivity contribution in [1.29, 1.82) is 0 Å². The molecule has 0 atom stereocenters. The van der Waals surface area contributed by atoms with Gasteiger partial charge in [0.05, 0.1) is 11.6 Å². The van der Waals surface area contributed by atoms with E-state index >= 15 is 0 Å². The number of aliphatic carboxylic acids is 1. The minimum absolute atomic E-state index is 0.0890. The van der Waals surface area contributed by atoms with E-state index < -0.39 is 11.9 Å². The standard InChI is InChI=1S/C10H10ClN3O3/c11-5-8(12)13-6-2-1-3-7(4-6)14-9(15)10(16)17/h1-4H,5H2,(H2,12,13)(H,14,15)(H,16,17). The van der Waals surface area contributed by atoms with Crippen molar-refractivity contribution in [3.05, 3.63) is 24.3 Å². The summed E-state index contributed by atoms with van der Waals surface area (Å²) in [7, 11) is 0. The van der Waals surface area contributed by atoms with E-state index in [0.717, 1.165) is 0 Å². The molecule has 90 valence electrons. The number of amides is 1. The number of hydrogen-bond acceptors (Lipinski definition) is 3. The van der Waals surface area contributed by atoms with Gasteiger partial charge in [0.25, 0.3) is 0 Å². The zero-order chi connectivity index (χ0) is 12.8. The van der Waals surface area contributed by atoms with Gasteiger partial charge in [-0.3, -0.25) is 4.79 Å². The highest BCUT2D eigenvalue weighted by atomic mass is 35.5. The predicted molar refractivity (Wildman–Crippen MR) is 64.7 cm³/mol. The molecule has 17 heavy (non-hydrogen) atoms. The van der Waals surface area contributed by atoms with E-state index in [4.69, 9.17) is 22.4 Å². The Morgan fingerprint density at radius 1 is 1.47 bits per heavy atom. The number of carboxylic acid groups (broad SMARTS) is 1. The highest BCUT2D eigenvalue weighted by molar-refractivity contribution is 6.36. The van der Waals surface area contributed by atoms with Crippen LogP contribution < -0.4 is 11.1 Å². The summed E-state index contributed by atoms with van der Waals surface area (Å²) in [4.78, 5) is 25.2. The lowest BCUT2D eigenvalue weighted by Crippen LogP contribution is -2.21. The molecule has 7 heteroatoms. The van der Waals surface area contributed by atoms with Crippen molar-refractivity contribution in [1.82, 2.24) is 0 Å². The van der Waals surface area contributed by atoms with Gasteiger partial charge in [0.1, 0.15) is 5.84 Å². The van der Waals surface area contributed by atoms with Crippen LogP contribution in [0.3, 0.4) is 0 Å². The van der Waals surface area contributed by atoms with Gasteiger partial charge in [-0.25, -0.2) is 9.79 Å². The maximum atomic E-state index is 10.9. The van der Waals surface area contributed by atoms with Crippen molar-refractivity contribution in [2.75, 3.05) is 11.2 Å². The molecule has 1 aromatic carbocycles. The Morgan fingerprint density at radius 3 is 2.76 bits per heavy atom. The minimum atomic E-state index is -1.56. The number of rotatable bonds is 3. The first-order valence-corrected chi connectivity index (χ1v) is 5.09. The normalized spacial score (nSPS) is 11.0. The lowest BCUT2D eigenvalue weighted by molar-refractivity contribution is -0.147. The number of halogens is 1. The maximum Gasteiger partial charge on any atom is 0.394 e. The lowest BCUT2D eigenvalue weighted by Gasteiger charge is -2.03. The van der Waals surface area contributed by atoms with Crippen LogP contribution in [0, 0.1) is 0 Å². The van der Waals surface area contributed by atoms with Gasteiger partial charge in [0.2, 0.25) is 0 Å². The average Bonchev–Trinajstić information content (AvgIpc) is 2.29. The molecule has 0 saturated carbocycles. The molecule has 0 aliphatic heterocycles. The summed E-state index contributed by atoms with van der Waals surface area (Å²) in [5.41, 5.74) is 6.24. The van der Waals surface area contributed by atoms with Crippen LogP contribution in [0.1, 0.15) is 0 Å². The van der Waals surface area contributed by atoms with E-state index in [1.165, 1.54) is 12.1 Å². The molecule has 0 heterocycles. The fourth-order valence-corrected chi connectivity index (χ4v) is 1.09. The van der Waals surface area contributed by atoms with Crippen LogP contribution >= 0.6 is 11.6 Å². The van der Waals surface area contributed by atoms with Gasteiger partial charge in [0, 0.05) is 5.69 Å². The number of aliphatic imine (C=N–C) groups is 1. The molecule has 0 aliphatic rings. The van der Waals surface area contributed by atoms with E-state index in [2.05, 4.69) is 10.3 Å². The summed E-state index contributed by atoms with van der Waals surface area (Å²) in [6.45, 7) is 0. The SMILES string of the molecule is NC(CCl)=Nc1cccc(NC(=O)C(=O)O)c1. The molecule has 1 rings (SSSR count). The number of carbonyl (C=O) groups excluding carboxylic acids is 1. The number of nitrogens with one attached hydrogen (secondary N) is 1. The molecule has 1 amide bonds. The Morgan fingerprint density at radius 2 is 2.18 bits per heavy atom. The molecule has 0 aliphatic carbocycles. The zero-order valence-corrected chi connectivity index (χ0v) is 9.44. The molecule has 6 nitrogen and oxygen atoms in total. The molecule has 0 unspecified atom stereocenters. The second-order valence-electron chi connectivity index (χ2n) is 3.05. The van der Waals surface area contributed by atoms with Crippen LogP contribution in [0.15, 0.2) is 29.3 Å². The van der Waals surface area contributed by atoms with Crippen LogP contribution in [0.25, 0.3) is 0 Å². The van der Waals surface area contributed by atoms with Crippen molar-refractivity contribution in [2.45, 2.75) is 0 Å². The highest BCUT2D eigenvalue weighted by Crippen LogP contribution is 2.17. The third kappa shape index (κ3) is 4.12. The quantitative estimate of drug-likeness (QED) is 0.323. The minimum Gasteiger partial charge on any atom is -0.474 e. The van der Waals surface area contributed by atoms with Crippen molar-refractivity contribution < 1.29 is 14.7 Å². The molecular formula is C10H10ClN3O3. The number of alkyl halides is 1. The third-order valence-electron chi connectivity index (χ3n) is 1.71. The first-order valence-electron chi connectivity index (χ1n) is 4.56. The number of benzene rings is 1. The van der Waals surface area contributed by atoms with E-state index in [9.17, 15) is 9.59 Å². The Kier molecular flexibility index (Phi) is 4.47. The summed E-state index contributed by atoms with van der Waals surface area (Å²) in [6.07, 6.45) is 0. The van der Waals surface area contributed by atoms with Gasteiger partial charge in [-0.05, 0) is 18.2 Å². The maximum absolute atomic E-state index is 10.9. The topological polar surface area (TPSA) is 105 Å². The van der Waals surface area contributed by atoms with Gasteiger partial charge in [-0.15, -0.1) is 11.6 Å². The van der Waals surface area contributed by atoms with Gasteiger partial charge in [0.15, 0.2) is 0 Å². The Hall–Kier alpha value is -2.08. The Bertz CT molecular complexity index is 474. The van der Waals surface area contributed by atoms with E-state index in [0.29, 0.717) is 11.4 Å². The molecule has 1 aromatic rings. The van der Waals surface area contributed by atoms with Crippen molar-refractivity contribution in [3.63, 3.8) is 0 Å². The van der Waals surface area contributed by atoms with E-state index in [1.54, 1.807) is 12.1 Å². The van der Waals surface area contributed by atoms with Crippen molar-refractivity contribution in [2.24, 2.45) is 10.7 Å². The fraction of sp³-hybridized carbons (Fsp3) is 0.100. The number of carbonyl (C=O) groups is 2. The predicted octanol–water partition coefficient (Wildman–Crippen LogP) is 0.937. The van der Waals surface area contributed by atoms with Gasteiger partial charge in [-0.1, -0.05) is 6.07 Å². The summed E-state index contributed by atoms with van der Waals surface area (Å²) < 4.78 is 0. The monoisotopic (exact) mass is 255 g/mol. The van der Waals surface area contributed by atoms with Gasteiger partial charge >= 0.3 is 11.9 Å². The van der Waals surface area contributed by atoms with E-state index in [1.807, 2.05) is 0 Å². The fourth-order valence-electron chi connectivity index (χ4n) is 1.03. The van der Waals surface area contributed by atoms with Crippen molar-refractivity contribution >= 4 is 40.7 Å². The first kappa shape index (κ1) is 13.0. The van der Waals surface area contributed by atoms with Gasteiger partial charge in [-0.2, -0.15) is 0 Å². The molecule has 0 radical (unpaired) electrons. The van der Waals surface area contributed by atoms with Crippen molar-refractivity contribution in [3.8, 4) is 0 Å². The first-order chi connectivity index (χ1) is 8.02. The summed E-state index contributed by atoms with van der Waals surface area (Å²) in [6, 6.07) is 6.28. The van der Waals surface area contributed by atoms with Crippen LogP contribution in [0.5, 0.6) is 0 Å². The molecule has 4 N–H and O–H groups in total. The van der Waals surface area contributed by atoms with Crippen LogP contribution in [-0.4, -0.2) is 28.7 Å². The lowest BCUT2D eigenvalue weighted by atomic mass is 10.3. The molecule has 0 saturated heterocycles. The number of hydrogen-bond donors (Lipinski definition) is 3. The Balaban J connectivity index is 2.86. The second kappa shape index (κ2) is 5.86. The summed E-state index contributed by atoms with van der Waals surface area (Å²) >= 11 is 5.46. The van der Waals surface area contributed by atoms with Crippen LogP contribution in [-0.2, 0) is 9.59 Å². The molecule has 0 aromatic heterocycles. The molecule has 0 fully saturated rings. The Labute approximate surface area is 102 Å². The smallest absolute Gasteiger partial charge is 0.394 e. The van der Waals surface area contributed by atoms with Gasteiger partial charge < -0.3 is 16.2 Å². The molecule has 0 spiro atoms. The number of anilines is 1. The summed E-state index contributed by atoms with van der Waals surface area (Å²) in [5.74, 6) is -2.35. The third-order valence-corrected chi connectivity index (χ3v) is 1.98. The highest BCUT2D eigenvalue weighted by Gasteiger charge is 2.10. The second-order valence-corrected chi connectivity index (χ2v) is 3.31. The number of nitrogens with two attached hydrogens (primary N) is 1. The van der Waals surface area contributed by atoms with Crippen LogP contribution in [0.4, 0.5) is 11.4 Å². The number of amidine groups is 1. The van der Waals surface area contributed by atoms with E-state index in [-0.39, 0.29) is 11.7 Å².